The number of ether oxygens (including phenoxy) is 1. The van der Waals surface area contributed by atoms with Crippen LogP contribution in [0.25, 0.3) is 0 Å². The van der Waals surface area contributed by atoms with Crippen LogP contribution in [0.3, 0.4) is 0 Å². The fourth-order valence-corrected chi connectivity index (χ4v) is 2.30. The van der Waals surface area contributed by atoms with Gasteiger partial charge in [0.1, 0.15) is 5.75 Å². The summed E-state index contributed by atoms with van der Waals surface area (Å²) in [7, 11) is 5.90. The highest BCUT2D eigenvalue weighted by atomic mass is 16.5. The molecule has 0 fully saturated rings. The first kappa shape index (κ1) is 17.0. The van der Waals surface area contributed by atoms with Crippen LogP contribution >= 0.6 is 0 Å². The normalized spacial score (nSPS) is 12.9. The molecule has 4 heteroatoms. The third-order valence-electron chi connectivity index (χ3n) is 3.40. The lowest BCUT2D eigenvalue weighted by Gasteiger charge is -2.27. The SMILES string of the molecule is CCCN(CCN(C)C)CC(N)c1ccccc1OC. The monoisotopic (exact) mass is 279 g/mol. The van der Waals surface area contributed by atoms with Gasteiger partial charge in [0.2, 0.25) is 0 Å². The standard InChI is InChI=1S/C16H29N3O/c1-5-10-19(12-11-18(2)3)13-15(17)14-8-6-7-9-16(14)20-4/h6-9,15H,5,10-13,17H2,1-4H3. The molecule has 2 N–H and O–H groups in total. The molecule has 1 rings (SSSR count). The van der Waals surface area contributed by atoms with E-state index in [1.165, 1.54) is 0 Å². The lowest BCUT2D eigenvalue weighted by atomic mass is 10.1. The molecule has 0 spiro atoms. The van der Waals surface area contributed by atoms with Crippen LogP contribution in [0, 0.1) is 0 Å². The van der Waals surface area contributed by atoms with Crippen molar-refractivity contribution in [3.05, 3.63) is 29.8 Å². The predicted molar refractivity (Wildman–Crippen MR) is 85.2 cm³/mol. The third kappa shape index (κ3) is 5.49. The summed E-state index contributed by atoms with van der Waals surface area (Å²) >= 11 is 0. The molecule has 0 aromatic heterocycles. The Morgan fingerprint density at radius 1 is 1.15 bits per heavy atom. The van der Waals surface area contributed by atoms with Crippen LogP contribution in [-0.4, -0.2) is 57.2 Å². The topological polar surface area (TPSA) is 41.7 Å². The van der Waals surface area contributed by atoms with E-state index in [2.05, 4.69) is 36.9 Å². The molecule has 0 aliphatic carbocycles. The molecule has 0 radical (unpaired) electrons. The Balaban J connectivity index is 2.66. The molecule has 1 atom stereocenters. The van der Waals surface area contributed by atoms with Crippen molar-refractivity contribution in [3.63, 3.8) is 0 Å². The average molecular weight is 279 g/mol. The second-order valence-electron chi connectivity index (χ2n) is 5.45. The van der Waals surface area contributed by atoms with E-state index in [4.69, 9.17) is 10.5 Å². The van der Waals surface area contributed by atoms with Gasteiger partial charge in [-0.3, -0.25) is 0 Å². The van der Waals surface area contributed by atoms with Gasteiger partial charge in [0.05, 0.1) is 7.11 Å². The maximum absolute atomic E-state index is 6.37. The fraction of sp³-hybridized carbons (Fsp3) is 0.625. The lowest BCUT2D eigenvalue weighted by molar-refractivity contribution is 0.228. The predicted octanol–water partition coefficient (Wildman–Crippen LogP) is 1.97. The fourth-order valence-electron chi connectivity index (χ4n) is 2.30. The first-order valence-corrected chi connectivity index (χ1v) is 7.34. The Bertz CT molecular complexity index is 382. The molecule has 114 valence electrons. The van der Waals surface area contributed by atoms with Crippen LogP contribution in [-0.2, 0) is 0 Å². The molecule has 1 aromatic carbocycles. The van der Waals surface area contributed by atoms with E-state index in [1.54, 1.807) is 7.11 Å². The number of hydrogen-bond acceptors (Lipinski definition) is 4. The molecule has 20 heavy (non-hydrogen) atoms. The summed E-state index contributed by atoms with van der Waals surface area (Å²) in [5.41, 5.74) is 7.46. The quantitative estimate of drug-likeness (QED) is 0.750. The zero-order chi connectivity index (χ0) is 15.0. The van der Waals surface area contributed by atoms with Crippen molar-refractivity contribution in [2.45, 2.75) is 19.4 Å². The summed E-state index contributed by atoms with van der Waals surface area (Å²) < 4.78 is 5.40. The van der Waals surface area contributed by atoms with Gasteiger partial charge in [0.15, 0.2) is 0 Å². The van der Waals surface area contributed by atoms with Crippen molar-refractivity contribution in [1.29, 1.82) is 0 Å². The summed E-state index contributed by atoms with van der Waals surface area (Å²) in [4.78, 5) is 4.63. The Morgan fingerprint density at radius 2 is 1.85 bits per heavy atom. The molecular weight excluding hydrogens is 250 g/mol. The molecule has 0 saturated heterocycles. The van der Waals surface area contributed by atoms with Gasteiger partial charge < -0.3 is 20.3 Å². The Morgan fingerprint density at radius 3 is 2.45 bits per heavy atom. The maximum Gasteiger partial charge on any atom is 0.123 e. The number of nitrogens with zero attached hydrogens (tertiary/aromatic N) is 2. The number of rotatable bonds is 9. The minimum absolute atomic E-state index is 0.0140. The number of benzene rings is 1. The molecule has 0 heterocycles. The summed E-state index contributed by atoms with van der Waals surface area (Å²) in [6, 6.07) is 8.01. The smallest absolute Gasteiger partial charge is 0.123 e. The van der Waals surface area contributed by atoms with Crippen LogP contribution < -0.4 is 10.5 Å². The van der Waals surface area contributed by atoms with E-state index >= 15 is 0 Å². The summed E-state index contributed by atoms with van der Waals surface area (Å²) in [5, 5.41) is 0. The van der Waals surface area contributed by atoms with Crippen molar-refractivity contribution in [2.24, 2.45) is 5.73 Å². The highest BCUT2D eigenvalue weighted by molar-refractivity contribution is 5.35. The number of methoxy groups -OCH3 is 1. The Labute approximate surface area is 123 Å². The number of para-hydroxylation sites is 1. The second-order valence-corrected chi connectivity index (χ2v) is 5.45. The van der Waals surface area contributed by atoms with Gasteiger partial charge in [-0.15, -0.1) is 0 Å². The molecule has 0 amide bonds. The van der Waals surface area contributed by atoms with Gasteiger partial charge in [-0.05, 0) is 33.1 Å². The summed E-state index contributed by atoms with van der Waals surface area (Å²) in [6.45, 7) is 6.25. The molecule has 0 saturated carbocycles. The van der Waals surface area contributed by atoms with Gasteiger partial charge in [0, 0.05) is 31.2 Å². The molecule has 1 aromatic rings. The van der Waals surface area contributed by atoms with E-state index in [0.29, 0.717) is 0 Å². The van der Waals surface area contributed by atoms with Gasteiger partial charge in [-0.25, -0.2) is 0 Å². The average Bonchev–Trinajstić information content (AvgIpc) is 2.44. The largest absolute Gasteiger partial charge is 0.496 e. The number of nitrogens with two attached hydrogens (primary N) is 1. The van der Waals surface area contributed by atoms with E-state index in [-0.39, 0.29) is 6.04 Å². The number of hydrogen-bond donors (Lipinski definition) is 1. The van der Waals surface area contributed by atoms with Crippen molar-refractivity contribution in [3.8, 4) is 5.75 Å². The third-order valence-corrected chi connectivity index (χ3v) is 3.40. The van der Waals surface area contributed by atoms with Gasteiger partial charge in [-0.2, -0.15) is 0 Å². The van der Waals surface area contributed by atoms with Crippen LogP contribution in [0.5, 0.6) is 5.75 Å². The second kappa shape index (κ2) is 8.95. The zero-order valence-electron chi connectivity index (χ0n) is 13.3. The molecule has 0 bridgehead atoms. The van der Waals surface area contributed by atoms with Crippen LogP contribution in [0.1, 0.15) is 24.9 Å². The summed E-state index contributed by atoms with van der Waals surface area (Å²) in [5.74, 6) is 0.879. The van der Waals surface area contributed by atoms with Crippen LogP contribution in [0.4, 0.5) is 0 Å². The van der Waals surface area contributed by atoms with Crippen molar-refractivity contribution in [1.82, 2.24) is 9.80 Å². The minimum atomic E-state index is -0.0140. The van der Waals surface area contributed by atoms with Gasteiger partial charge in [0.25, 0.3) is 0 Å². The lowest BCUT2D eigenvalue weighted by Crippen LogP contribution is -2.37. The first-order chi connectivity index (χ1) is 9.58. The Hall–Kier alpha value is -1.10. The molecule has 1 unspecified atom stereocenters. The highest BCUT2D eigenvalue weighted by Crippen LogP contribution is 2.23. The highest BCUT2D eigenvalue weighted by Gasteiger charge is 2.15. The Kier molecular flexibility index (Phi) is 7.59. The van der Waals surface area contributed by atoms with Gasteiger partial charge >= 0.3 is 0 Å². The molecule has 0 aliphatic heterocycles. The van der Waals surface area contributed by atoms with Gasteiger partial charge in [-0.1, -0.05) is 25.1 Å². The van der Waals surface area contributed by atoms with Crippen LogP contribution in [0.15, 0.2) is 24.3 Å². The zero-order valence-corrected chi connectivity index (χ0v) is 13.3. The molecule has 4 nitrogen and oxygen atoms in total. The molecule has 0 aliphatic rings. The first-order valence-electron chi connectivity index (χ1n) is 7.34. The molecular formula is C16H29N3O. The van der Waals surface area contributed by atoms with E-state index < -0.39 is 0 Å². The van der Waals surface area contributed by atoms with Crippen molar-refractivity contribution < 1.29 is 4.74 Å². The van der Waals surface area contributed by atoms with Crippen LogP contribution in [0.2, 0.25) is 0 Å². The van der Waals surface area contributed by atoms with Crippen molar-refractivity contribution in [2.75, 3.05) is 47.4 Å². The summed E-state index contributed by atoms with van der Waals surface area (Å²) in [6.07, 6.45) is 1.14. The van der Waals surface area contributed by atoms with E-state index in [9.17, 15) is 0 Å². The number of likely N-dealkylation sites (N-methyl/N-ethyl adjacent to an activating group) is 1. The minimum Gasteiger partial charge on any atom is -0.496 e. The van der Waals surface area contributed by atoms with E-state index in [1.807, 2.05) is 18.2 Å². The van der Waals surface area contributed by atoms with E-state index in [0.717, 1.165) is 43.9 Å². The maximum atomic E-state index is 6.37. The van der Waals surface area contributed by atoms with Crippen molar-refractivity contribution >= 4 is 0 Å².